The number of amides is 1. The molecular formula is C21H23NO7S. The van der Waals surface area contributed by atoms with Crippen LogP contribution < -0.4 is 14.8 Å². The van der Waals surface area contributed by atoms with E-state index in [1.54, 1.807) is 52.0 Å². The van der Waals surface area contributed by atoms with Crippen molar-refractivity contribution < 1.29 is 33.3 Å². The number of hydrogen-bond donors (Lipinski definition) is 1. The van der Waals surface area contributed by atoms with Gasteiger partial charge in [-0.05, 0) is 45.4 Å². The molecule has 1 amide bonds. The summed E-state index contributed by atoms with van der Waals surface area (Å²) in [5.41, 5.74) is 0.522. The predicted molar refractivity (Wildman–Crippen MR) is 111 cm³/mol. The van der Waals surface area contributed by atoms with Crippen LogP contribution >= 0.6 is 11.3 Å². The van der Waals surface area contributed by atoms with Crippen LogP contribution in [0.5, 0.6) is 11.5 Å². The minimum Gasteiger partial charge on any atom is -0.485 e. The highest BCUT2D eigenvalue weighted by Crippen LogP contribution is 2.36. The third-order valence-electron chi connectivity index (χ3n) is 4.19. The van der Waals surface area contributed by atoms with Crippen molar-refractivity contribution in [1.29, 1.82) is 0 Å². The molecule has 1 N–H and O–H groups in total. The van der Waals surface area contributed by atoms with Crippen molar-refractivity contribution in [3.05, 3.63) is 40.3 Å². The molecule has 1 atom stereocenters. The van der Waals surface area contributed by atoms with Gasteiger partial charge in [0.25, 0.3) is 5.91 Å². The zero-order valence-corrected chi connectivity index (χ0v) is 18.0. The molecule has 160 valence electrons. The van der Waals surface area contributed by atoms with Crippen LogP contribution in [0.15, 0.2) is 24.3 Å². The first kappa shape index (κ1) is 21.6. The lowest BCUT2D eigenvalue weighted by Crippen LogP contribution is -2.40. The summed E-state index contributed by atoms with van der Waals surface area (Å²) in [6, 6.07) is 7.03. The maximum Gasteiger partial charge on any atom is 0.348 e. The fourth-order valence-electron chi connectivity index (χ4n) is 2.85. The van der Waals surface area contributed by atoms with Crippen molar-refractivity contribution in [3.8, 4) is 11.5 Å². The number of benzene rings is 1. The van der Waals surface area contributed by atoms with Crippen LogP contribution in [0.3, 0.4) is 0 Å². The van der Waals surface area contributed by atoms with Crippen LogP contribution in [0.4, 0.5) is 5.00 Å². The summed E-state index contributed by atoms with van der Waals surface area (Å²) in [6.45, 7) is 6.93. The predicted octanol–water partition coefficient (Wildman–Crippen LogP) is 3.58. The Balaban J connectivity index is 1.86. The molecule has 0 saturated heterocycles. The Labute approximate surface area is 178 Å². The van der Waals surface area contributed by atoms with Gasteiger partial charge in [0, 0.05) is 0 Å². The van der Waals surface area contributed by atoms with Gasteiger partial charge in [-0.1, -0.05) is 12.1 Å². The van der Waals surface area contributed by atoms with Crippen molar-refractivity contribution in [2.24, 2.45) is 0 Å². The number of ether oxygens (including phenoxy) is 4. The zero-order chi connectivity index (χ0) is 21.8. The molecule has 2 heterocycles. The Hall–Kier alpha value is -3.07. The van der Waals surface area contributed by atoms with Gasteiger partial charge in [-0.25, -0.2) is 9.59 Å². The van der Waals surface area contributed by atoms with Crippen molar-refractivity contribution in [2.45, 2.75) is 39.9 Å². The molecule has 1 aliphatic rings. The Morgan fingerprint density at radius 2 is 1.90 bits per heavy atom. The number of para-hydroxylation sites is 2. The number of carbonyl (C=O) groups is 3. The Morgan fingerprint density at radius 1 is 1.20 bits per heavy atom. The zero-order valence-electron chi connectivity index (χ0n) is 17.1. The van der Waals surface area contributed by atoms with E-state index in [0.717, 1.165) is 11.3 Å². The van der Waals surface area contributed by atoms with Crippen LogP contribution in [-0.2, 0) is 14.3 Å². The summed E-state index contributed by atoms with van der Waals surface area (Å²) in [7, 11) is 0. The molecule has 8 nitrogen and oxygen atoms in total. The first-order valence-corrected chi connectivity index (χ1v) is 10.3. The lowest BCUT2D eigenvalue weighted by Gasteiger charge is -2.25. The maximum atomic E-state index is 12.8. The number of thiophene rings is 1. The monoisotopic (exact) mass is 433 g/mol. The molecule has 0 saturated carbocycles. The molecule has 1 unspecified atom stereocenters. The fourth-order valence-corrected chi connectivity index (χ4v) is 3.93. The molecule has 0 fully saturated rings. The highest BCUT2D eigenvalue weighted by molar-refractivity contribution is 7.18. The fraction of sp³-hybridized carbons (Fsp3) is 0.381. The molecule has 0 radical (unpaired) electrons. The smallest absolute Gasteiger partial charge is 0.348 e. The standard InChI is InChI=1S/C21H23NO7S/c1-5-26-20(24)16-12(4)17(21(25)28-11(2)3)30-19(16)22-18(23)15-10-27-13-8-6-7-9-14(13)29-15/h6-9,11,15H,5,10H2,1-4H3,(H,22,23). The second-order valence-electron chi connectivity index (χ2n) is 6.79. The molecule has 0 bridgehead atoms. The van der Waals surface area contributed by atoms with Crippen LogP contribution in [0.25, 0.3) is 0 Å². The topological polar surface area (TPSA) is 100 Å². The molecule has 0 spiro atoms. The summed E-state index contributed by atoms with van der Waals surface area (Å²) >= 11 is 0.965. The van der Waals surface area contributed by atoms with E-state index in [-0.39, 0.29) is 34.8 Å². The minimum absolute atomic E-state index is 0.0180. The second kappa shape index (κ2) is 9.17. The summed E-state index contributed by atoms with van der Waals surface area (Å²) in [5.74, 6) is -0.682. The number of hydrogen-bond acceptors (Lipinski definition) is 8. The van der Waals surface area contributed by atoms with Crippen molar-refractivity contribution in [3.63, 3.8) is 0 Å². The highest BCUT2D eigenvalue weighted by Gasteiger charge is 2.32. The van der Waals surface area contributed by atoms with Gasteiger partial charge in [0.2, 0.25) is 6.10 Å². The van der Waals surface area contributed by atoms with Gasteiger partial charge in [0.1, 0.15) is 16.5 Å². The Kier molecular flexibility index (Phi) is 6.61. The number of rotatable bonds is 6. The van der Waals surface area contributed by atoms with Gasteiger partial charge in [-0.2, -0.15) is 0 Å². The first-order valence-electron chi connectivity index (χ1n) is 9.52. The number of anilines is 1. The van der Waals surface area contributed by atoms with E-state index in [2.05, 4.69) is 5.32 Å². The third kappa shape index (κ3) is 4.56. The number of carbonyl (C=O) groups excluding carboxylic acids is 3. The van der Waals surface area contributed by atoms with Crippen molar-refractivity contribution in [2.75, 3.05) is 18.5 Å². The van der Waals surface area contributed by atoms with Gasteiger partial charge < -0.3 is 24.3 Å². The van der Waals surface area contributed by atoms with E-state index in [1.807, 2.05) is 0 Å². The van der Waals surface area contributed by atoms with Gasteiger partial charge in [-0.3, -0.25) is 4.79 Å². The van der Waals surface area contributed by atoms with Crippen LogP contribution in [0.1, 0.15) is 46.4 Å². The minimum atomic E-state index is -0.914. The second-order valence-corrected chi connectivity index (χ2v) is 7.81. The van der Waals surface area contributed by atoms with Gasteiger partial charge in [0.05, 0.1) is 18.3 Å². The summed E-state index contributed by atoms with van der Waals surface area (Å²) in [5, 5.41) is 2.89. The first-order chi connectivity index (χ1) is 14.3. The largest absolute Gasteiger partial charge is 0.485 e. The summed E-state index contributed by atoms with van der Waals surface area (Å²) in [6.07, 6.45) is -1.24. The number of nitrogens with one attached hydrogen (secondary N) is 1. The van der Waals surface area contributed by atoms with Crippen LogP contribution in [0.2, 0.25) is 0 Å². The summed E-state index contributed by atoms with van der Waals surface area (Å²) < 4.78 is 21.6. The van der Waals surface area contributed by atoms with E-state index >= 15 is 0 Å². The average molecular weight is 433 g/mol. The number of fused-ring (bicyclic) bond motifs is 1. The molecule has 3 rings (SSSR count). The molecule has 2 aromatic rings. The average Bonchev–Trinajstić information content (AvgIpc) is 3.03. The lowest BCUT2D eigenvalue weighted by atomic mass is 10.1. The van der Waals surface area contributed by atoms with Gasteiger partial charge >= 0.3 is 11.9 Å². The molecule has 1 aromatic carbocycles. The van der Waals surface area contributed by atoms with Gasteiger partial charge in [0.15, 0.2) is 11.5 Å². The lowest BCUT2D eigenvalue weighted by molar-refractivity contribution is -0.125. The van der Waals surface area contributed by atoms with E-state index in [1.165, 1.54) is 0 Å². The van der Waals surface area contributed by atoms with Crippen molar-refractivity contribution >= 4 is 34.2 Å². The van der Waals surface area contributed by atoms with E-state index in [0.29, 0.717) is 17.1 Å². The molecule has 0 aliphatic carbocycles. The van der Waals surface area contributed by atoms with Gasteiger partial charge in [-0.15, -0.1) is 11.3 Å². The molecule has 30 heavy (non-hydrogen) atoms. The summed E-state index contributed by atoms with van der Waals surface area (Å²) in [4.78, 5) is 37.9. The van der Waals surface area contributed by atoms with Crippen LogP contribution in [0, 0.1) is 6.92 Å². The number of esters is 2. The van der Waals surface area contributed by atoms with Crippen LogP contribution in [-0.4, -0.2) is 43.3 Å². The third-order valence-corrected chi connectivity index (χ3v) is 5.38. The highest BCUT2D eigenvalue weighted by atomic mass is 32.1. The molecule has 9 heteroatoms. The van der Waals surface area contributed by atoms with E-state index in [9.17, 15) is 14.4 Å². The normalized spacial score (nSPS) is 14.9. The SMILES string of the molecule is CCOC(=O)c1c(NC(=O)C2COc3ccccc3O2)sc(C(=O)OC(C)C)c1C. The van der Waals surface area contributed by atoms with E-state index in [4.69, 9.17) is 18.9 Å². The Morgan fingerprint density at radius 3 is 2.57 bits per heavy atom. The Bertz CT molecular complexity index is 966. The van der Waals surface area contributed by atoms with E-state index < -0.39 is 23.9 Å². The molecule has 1 aliphatic heterocycles. The molecule has 1 aromatic heterocycles. The van der Waals surface area contributed by atoms with Crippen molar-refractivity contribution in [1.82, 2.24) is 0 Å². The molecular weight excluding hydrogens is 410 g/mol. The quantitative estimate of drug-likeness (QED) is 0.695. The maximum absolute atomic E-state index is 12.8.